The first-order valence-corrected chi connectivity index (χ1v) is 6.40. The largest absolute Gasteiger partial charge is 0.465 e. The SMILES string of the molecule is O=C1OCC[C@H]1Sc1ccc2ccccc2n1. The van der Waals surface area contributed by atoms with E-state index in [2.05, 4.69) is 4.98 Å². The molecule has 1 aliphatic rings. The zero-order valence-electron chi connectivity index (χ0n) is 9.13. The van der Waals surface area contributed by atoms with Crippen LogP contribution in [0.4, 0.5) is 0 Å². The molecule has 0 radical (unpaired) electrons. The second-order valence-electron chi connectivity index (χ2n) is 3.90. The number of carbonyl (C=O) groups is 1. The number of benzene rings is 1. The molecule has 2 aromatic rings. The zero-order chi connectivity index (χ0) is 11.7. The Bertz CT molecular complexity index is 570. The Morgan fingerprint density at radius 2 is 2.12 bits per heavy atom. The normalized spacial score (nSPS) is 19.5. The molecule has 0 saturated carbocycles. The number of esters is 1. The number of cyclic esters (lactones) is 1. The van der Waals surface area contributed by atoms with Gasteiger partial charge in [0.05, 0.1) is 17.1 Å². The summed E-state index contributed by atoms with van der Waals surface area (Å²) < 4.78 is 4.94. The fourth-order valence-corrected chi connectivity index (χ4v) is 2.81. The van der Waals surface area contributed by atoms with E-state index in [9.17, 15) is 4.79 Å². The Labute approximate surface area is 103 Å². The maximum Gasteiger partial charge on any atom is 0.319 e. The lowest BCUT2D eigenvalue weighted by Gasteiger charge is -2.05. The van der Waals surface area contributed by atoms with E-state index in [-0.39, 0.29) is 11.2 Å². The molecule has 86 valence electrons. The third-order valence-electron chi connectivity index (χ3n) is 2.72. The van der Waals surface area contributed by atoms with Gasteiger partial charge in [-0.1, -0.05) is 36.0 Å². The Balaban J connectivity index is 1.88. The standard InChI is InChI=1S/C13H11NO2S/c15-13-11(7-8-16-13)17-12-6-5-9-3-1-2-4-10(9)14-12/h1-6,11H,7-8H2/t11-/m1/s1. The first kappa shape index (κ1) is 10.6. The molecule has 0 unspecified atom stereocenters. The van der Waals surface area contributed by atoms with Crippen molar-refractivity contribution in [2.75, 3.05) is 6.61 Å². The molecule has 0 spiro atoms. The topological polar surface area (TPSA) is 39.2 Å². The molecule has 0 bridgehead atoms. The zero-order valence-corrected chi connectivity index (χ0v) is 9.94. The van der Waals surface area contributed by atoms with Gasteiger partial charge < -0.3 is 4.74 Å². The van der Waals surface area contributed by atoms with E-state index >= 15 is 0 Å². The number of nitrogens with zero attached hydrogens (tertiary/aromatic N) is 1. The van der Waals surface area contributed by atoms with Gasteiger partial charge >= 0.3 is 5.97 Å². The molecule has 1 saturated heterocycles. The lowest BCUT2D eigenvalue weighted by Crippen LogP contribution is -2.09. The van der Waals surface area contributed by atoms with E-state index in [1.165, 1.54) is 11.8 Å². The number of rotatable bonds is 2. The molecule has 1 fully saturated rings. The molecular weight excluding hydrogens is 234 g/mol. The minimum atomic E-state index is -0.120. The van der Waals surface area contributed by atoms with Crippen molar-refractivity contribution in [1.29, 1.82) is 0 Å². The number of carbonyl (C=O) groups excluding carboxylic acids is 1. The molecule has 1 atom stereocenters. The summed E-state index contributed by atoms with van der Waals surface area (Å²) in [4.78, 5) is 15.9. The second-order valence-corrected chi connectivity index (χ2v) is 5.13. The van der Waals surface area contributed by atoms with E-state index in [1.807, 2.05) is 36.4 Å². The van der Waals surface area contributed by atoms with Crippen molar-refractivity contribution in [3.8, 4) is 0 Å². The van der Waals surface area contributed by atoms with Gasteiger partial charge in [-0.05, 0) is 12.1 Å². The summed E-state index contributed by atoms with van der Waals surface area (Å²) in [5.74, 6) is -0.120. The fraction of sp³-hybridized carbons (Fsp3) is 0.231. The number of thioether (sulfide) groups is 1. The smallest absolute Gasteiger partial charge is 0.319 e. The van der Waals surface area contributed by atoms with E-state index in [4.69, 9.17) is 4.74 Å². The maximum absolute atomic E-state index is 11.4. The number of hydrogen-bond acceptors (Lipinski definition) is 4. The van der Waals surface area contributed by atoms with Crippen molar-refractivity contribution >= 4 is 28.6 Å². The van der Waals surface area contributed by atoms with Crippen LogP contribution >= 0.6 is 11.8 Å². The summed E-state index contributed by atoms with van der Waals surface area (Å²) in [5.41, 5.74) is 0.962. The summed E-state index contributed by atoms with van der Waals surface area (Å²) in [6.45, 7) is 0.532. The number of hydrogen-bond donors (Lipinski definition) is 0. The van der Waals surface area contributed by atoms with Crippen LogP contribution in [0.3, 0.4) is 0 Å². The minimum Gasteiger partial charge on any atom is -0.465 e. The van der Waals surface area contributed by atoms with Gasteiger partial charge in [-0.3, -0.25) is 4.79 Å². The first-order valence-electron chi connectivity index (χ1n) is 5.52. The summed E-state index contributed by atoms with van der Waals surface area (Å²) in [7, 11) is 0. The highest BCUT2D eigenvalue weighted by Gasteiger charge is 2.27. The van der Waals surface area contributed by atoms with E-state index < -0.39 is 0 Å². The Morgan fingerprint density at radius 1 is 1.24 bits per heavy atom. The summed E-state index contributed by atoms with van der Waals surface area (Å²) in [6, 6.07) is 12.0. The van der Waals surface area contributed by atoms with Gasteiger partial charge in [-0.2, -0.15) is 0 Å². The molecule has 0 amide bonds. The molecule has 3 nitrogen and oxygen atoms in total. The lowest BCUT2D eigenvalue weighted by atomic mass is 10.2. The fourth-order valence-electron chi connectivity index (χ4n) is 1.84. The number of aromatic nitrogens is 1. The molecule has 17 heavy (non-hydrogen) atoms. The van der Waals surface area contributed by atoms with Gasteiger partial charge in [-0.25, -0.2) is 4.98 Å². The van der Waals surface area contributed by atoms with Crippen molar-refractivity contribution in [2.45, 2.75) is 16.7 Å². The summed E-state index contributed by atoms with van der Waals surface area (Å²) in [5, 5.41) is 1.90. The van der Waals surface area contributed by atoms with Crippen molar-refractivity contribution in [3.05, 3.63) is 36.4 Å². The third-order valence-corrected chi connectivity index (χ3v) is 3.90. The van der Waals surface area contributed by atoms with Crippen LogP contribution in [0.25, 0.3) is 10.9 Å². The first-order chi connectivity index (χ1) is 8.33. The molecule has 2 heterocycles. The number of fused-ring (bicyclic) bond motifs is 1. The van der Waals surface area contributed by atoms with Crippen molar-refractivity contribution < 1.29 is 9.53 Å². The molecule has 0 N–H and O–H groups in total. The number of pyridine rings is 1. The van der Waals surface area contributed by atoms with E-state index in [1.54, 1.807) is 0 Å². The van der Waals surface area contributed by atoms with Gasteiger partial charge in [0.25, 0.3) is 0 Å². The van der Waals surface area contributed by atoms with Crippen molar-refractivity contribution in [3.63, 3.8) is 0 Å². The molecule has 4 heteroatoms. The van der Waals surface area contributed by atoms with E-state index in [0.717, 1.165) is 22.3 Å². The average molecular weight is 245 g/mol. The van der Waals surface area contributed by atoms with Crippen LogP contribution in [0.5, 0.6) is 0 Å². The molecule has 1 aromatic heterocycles. The molecule has 1 aliphatic heterocycles. The van der Waals surface area contributed by atoms with Crippen molar-refractivity contribution in [1.82, 2.24) is 4.98 Å². The van der Waals surface area contributed by atoms with Gasteiger partial charge in [0, 0.05) is 11.8 Å². The quantitative estimate of drug-likeness (QED) is 0.762. The Kier molecular flexibility index (Phi) is 2.73. The summed E-state index contributed by atoms with van der Waals surface area (Å²) in [6.07, 6.45) is 0.776. The van der Waals surface area contributed by atoms with Crippen LogP contribution in [-0.4, -0.2) is 22.8 Å². The van der Waals surface area contributed by atoms with Gasteiger partial charge in [-0.15, -0.1) is 0 Å². The lowest BCUT2D eigenvalue weighted by molar-refractivity contribution is -0.137. The van der Waals surface area contributed by atoms with Gasteiger partial charge in [0.2, 0.25) is 0 Å². The van der Waals surface area contributed by atoms with Crippen LogP contribution in [0.2, 0.25) is 0 Å². The molecular formula is C13H11NO2S. The summed E-state index contributed by atoms with van der Waals surface area (Å²) >= 11 is 1.49. The molecule has 3 rings (SSSR count). The predicted octanol–water partition coefficient (Wildman–Crippen LogP) is 2.64. The Morgan fingerprint density at radius 3 is 2.94 bits per heavy atom. The second kappa shape index (κ2) is 4.37. The average Bonchev–Trinajstić information content (AvgIpc) is 2.75. The van der Waals surface area contributed by atoms with Crippen LogP contribution in [0.15, 0.2) is 41.4 Å². The monoisotopic (exact) mass is 245 g/mol. The minimum absolute atomic E-state index is 0.0938. The van der Waals surface area contributed by atoms with Crippen molar-refractivity contribution in [2.24, 2.45) is 0 Å². The van der Waals surface area contributed by atoms with Gasteiger partial charge in [0.1, 0.15) is 5.25 Å². The van der Waals surface area contributed by atoms with Gasteiger partial charge in [0.15, 0.2) is 0 Å². The Hall–Kier alpha value is -1.55. The molecule has 0 aliphatic carbocycles. The highest BCUT2D eigenvalue weighted by molar-refractivity contribution is 8.00. The number of ether oxygens (including phenoxy) is 1. The van der Waals surface area contributed by atoms with E-state index in [0.29, 0.717) is 6.61 Å². The highest BCUT2D eigenvalue weighted by Crippen LogP contribution is 2.29. The number of para-hydroxylation sites is 1. The van der Waals surface area contributed by atoms with Crippen LogP contribution in [0.1, 0.15) is 6.42 Å². The van der Waals surface area contributed by atoms with Crippen LogP contribution in [0, 0.1) is 0 Å². The maximum atomic E-state index is 11.4. The highest BCUT2D eigenvalue weighted by atomic mass is 32.2. The molecule has 1 aromatic carbocycles. The predicted molar refractivity (Wildman–Crippen MR) is 67.0 cm³/mol. The van der Waals surface area contributed by atoms with Crippen LogP contribution in [-0.2, 0) is 9.53 Å². The van der Waals surface area contributed by atoms with Crippen LogP contribution < -0.4 is 0 Å². The third kappa shape index (κ3) is 2.13.